The molecule has 43 heavy (non-hydrogen) atoms. The summed E-state index contributed by atoms with van der Waals surface area (Å²) in [5.74, 6) is 0.831. The number of nitrogens with zero attached hydrogens (tertiary/aromatic N) is 3. The van der Waals surface area contributed by atoms with Crippen LogP contribution in [0.15, 0.2) is 103 Å². The van der Waals surface area contributed by atoms with Crippen LogP contribution in [-0.2, 0) is 5.41 Å². The first kappa shape index (κ1) is 26.3. The molecule has 0 saturated carbocycles. The third kappa shape index (κ3) is 4.44. The summed E-state index contributed by atoms with van der Waals surface area (Å²) in [6.45, 7) is 7.57. The first-order valence-corrected chi connectivity index (χ1v) is 16.2. The summed E-state index contributed by atoms with van der Waals surface area (Å²) in [4.78, 5) is 9.53. The summed E-state index contributed by atoms with van der Waals surface area (Å²) in [6, 6.07) is 34.6. The molecule has 0 aliphatic carbocycles. The zero-order valence-corrected chi connectivity index (χ0v) is 26.2. The standard InChI is InChI=1S/C37H31N3OS2/c1-37(2,3)23-16-17-38-29(18-23)35-28-21-34(42-33(28)20-27-26-12-5-8-15-32(26)43-36(27)35)41-25-11-9-10-24(19-25)40-22-39(4)30-13-6-7-14-31(30)40/h5-21H,22H2,1-4H3. The highest BCUT2D eigenvalue weighted by Gasteiger charge is 2.25. The molecule has 212 valence electrons. The van der Waals surface area contributed by atoms with Crippen molar-refractivity contribution in [1.82, 2.24) is 4.98 Å². The van der Waals surface area contributed by atoms with Crippen molar-refractivity contribution in [3.8, 4) is 22.1 Å². The monoisotopic (exact) mass is 597 g/mol. The highest BCUT2D eigenvalue weighted by atomic mass is 32.1. The normalized spacial score (nSPS) is 13.4. The van der Waals surface area contributed by atoms with Crippen LogP contribution in [0.2, 0.25) is 0 Å². The minimum Gasteiger partial charge on any atom is -0.447 e. The van der Waals surface area contributed by atoms with Crippen molar-refractivity contribution in [2.75, 3.05) is 23.5 Å². The van der Waals surface area contributed by atoms with Gasteiger partial charge in [-0.3, -0.25) is 4.98 Å². The summed E-state index contributed by atoms with van der Waals surface area (Å²) >= 11 is 3.55. The predicted molar refractivity (Wildman–Crippen MR) is 185 cm³/mol. The molecule has 8 rings (SSSR count). The summed E-state index contributed by atoms with van der Waals surface area (Å²) in [5.41, 5.74) is 7.08. The van der Waals surface area contributed by atoms with Crippen molar-refractivity contribution >= 4 is 70.0 Å². The maximum atomic E-state index is 6.60. The molecule has 0 fully saturated rings. The Hall–Kier alpha value is -4.39. The van der Waals surface area contributed by atoms with E-state index in [1.165, 1.54) is 52.8 Å². The van der Waals surface area contributed by atoms with Crippen LogP contribution in [0.5, 0.6) is 10.8 Å². The molecule has 4 nitrogen and oxygen atoms in total. The Balaban J connectivity index is 1.24. The lowest BCUT2D eigenvalue weighted by atomic mass is 9.86. The van der Waals surface area contributed by atoms with Gasteiger partial charge < -0.3 is 14.5 Å². The average molecular weight is 598 g/mol. The molecule has 3 aromatic heterocycles. The van der Waals surface area contributed by atoms with Crippen LogP contribution in [0.3, 0.4) is 0 Å². The topological polar surface area (TPSA) is 28.6 Å². The van der Waals surface area contributed by atoms with Gasteiger partial charge in [-0.05, 0) is 59.5 Å². The lowest BCUT2D eigenvalue weighted by Gasteiger charge is -2.20. The van der Waals surface area contributed by atoms with Gasteiger partial charge in [-0.1, -0.05) is 68.5 Å². The molecular weight excluding hydrogens is 567 g/mol. The molecule has 6 heteroatoms. The van der Waals surface area contributed by atoms with E-state index < -0.39 is 0 Å². The fourth-order valence-corrected chi connectivity index (χ4v) is 8.33. The van der Waals surface area contributed by atoms with E-state index in [4.69, 9.17) is 9.72 Å². The molecule has 4 heterocycles. The second kappa shape index (κ2) is 9.83. The quantitative estimate of drug-likeness (QED) is 0.202. The first-order valence-electron chi connectivity index (χ1n) is 14.5. The zero-order chi connectivity index (χ0) is 29.3. The Morgan fingerprint density at radius 2 is 1.56 bits per heavy atom. The number of thiophene rings is 2. The largest absolute Gasteiger partial charge is 0.447 e. The average Bonchev–Trinajstić information content (AvgIpc) is 3.68. The number of benzene rings is 4. The van der Waals surface area contributed by atoms with Crippen LogP contribution in [0.25, 0.3) is 41.5 Å². The lowest BCUT2D eigenvalue weighted by Crippen LogP contribution is -2.23. The molecule has 0 atom stereocenters. The summed E-state index contributed by atoms with van der Waals surface area (Å²) < 4.78 is 10.4. The van der Waals surface area contributed by atoms with Gasteiger partial charge in [-0.15, -0.1) is 11.3 Å². The van der Waals surface area contributed by atoms with Gasteiger partial charge >= 0.3 is 0 Å². The van der Waals surface area contributed by atoms with E-state index in [1.807, 2.05) is 23.6 Å². The van der Waals surface area contributed by atoms with Crippen LogP contribution in [0, 0.1) is 0 Å². The number of pyridine rings is 1. The Kier molecular flexibility index (Phi) is 6.00. The fraction of sp³-hybridized carbons (Fsp3) is 0.162. The van der Waals surface area contributed by atoms with Crippen LogP contribution >= 0.6 is 22.7 Å². The molecular formula is C37H31N3OS2. The number of rotatable bonds is 4. The van der Waals surface area contributed by atoms with Crippen molar-refractivity contribution in [1.29, 1.82) is 0 Å². The predicted octanol–water partition coefficient (Wildman–Crippen LogP) is 11.0. The Morgan fingerprint density at radius 3 is 2.42 bits per heavy atom. The first-order chi connectivity index (χ1) is 20.8. The highest BCUT2D eigenvalue weighted by Crippen LogP contribution is 2.48. The molecule has 0 amide bonds. The maximum absolute atomic E-state index is 6.60. The van der Waals surface area contributed by atoms with Gasteiger partial charge in [0.15, 0.2) is 5.06 Å². The summed E-state index contributed by atoms with van der Waals surface area (Å²) in [7, 11) is 2.13. The van der Waals surface area contributed by atoms with Crippen LogP contribution in [-0.4, -0.2) is 18.7 Å². The van der Waals surface area contributed by atoms with Crippen LogP contribution < -0.4 is 14.5 Å². The summed E-state index contributed by atoms with van der Waals surface area (Å²) in [5, 5.41) is 4.63. The van der Waals surface area contributed by atoms with E-state index in [2.05, 4.69) is 129 Å². The number of ether oxygens (including phenoxy) is 1. The molecule has 7 aromatic rings. The van der Waals surface area contributed by atoms with Crippen molar-refractivity contribution in [3.63, 3.8) is 0 Å². The zero-order valence-electron chi connectivity index (χ0n) is 24.6. The van der Waals surface area contributed by atoms with Crippen LogP contribution in [0.4, 0.5) is 17.1 Å². The van der Waals surface area contributed by atoms with E-state index in [0.29, 0.717) is 0 Å². The van der Waals surface area contributed by atoms with E-state index in [9.17, 15) is 0 Å². The molecule has 0 radical (unpaired) electrons. The van der Waals surface area contributed by atoms with Gasteiger partial charge in [0.25, 0.3) is 0 Å². The second-order valence-electron chi connectivity index (χ2n) is 12.2. The van der Waals surface area contributed by atoms with Crippen molar-refractivity contribution in [2.45, 2.75) is 26.2 Å². The van der Waals surface area contributed by atoms with E-state index in [-0.39, 0.29) is 5.41 Å². The van der Waals surface area contributed by atoms with Crippen molar-refractivity contribution in [2.24, 2.45) is 0 Å². The van der Waals surface area contributed by atoms with Gasteiger partial charge in [-0.25, -0.2) is 0 Å². The van der Waals surface area contributed by atoms with Crippen molar-refractivity contribution in [3.05, 3.63) is 109 Å². The maximum Gasteiger partial charge on any atom is 0.182 e. The van der Waals surface area contributed by atoms with Gasteiger partial charge in [0.1, 0.15) is 5.75 Å². The molecule has 0 unspecified atom stereocenters. The number of hydrogen-bond donors (Lipinski definition) is 0. The molecule has 0 saturated heterocycles. The third-order valence-corrected chi connectivity index (χ3v) is 10.5. The molecule has 0 N–H and O–H groups in total. The smallest absolute Gasteiger partial charge is 0.182 e. The molecule has 1 aliphatic heterocycles. The number of para-hydroxylation sites is 2. The SMILES string of the molecule is CN1CN(c2cccc(Oc3cc4c(-c5cc(C(C)(C)C)ccn5)c5sc6ccccc6c5cc4s3)c2)c2ccccc21. The number of hydrogen-bond acceptors (Lipinski definition) is 6. The highest BCUT2D eigenvalue weighted by molar-refractivity contribution is 7.27. The lowest BCUT2D eigenvalue weighted by molar-refractivity contribution is 0.497. The minimum absolute atomic E-state index is 0.0312. The van der Waals surface area contributed by atoms with E-state index >= 15 is 0 Å². The second-order valence-corrected chi connectivity index (χ2v) is 14.3. The molecule has 0 spiro atoms. The Morgan fingerprint density at radius 1 is 0.744 bits per heavy atom. The number of aromatic nitrogens is 1. The van der Waals surface area contributed by atoms with Gasteiger partial charge in [0.2, 0.25) is 0 Å². The van der Waals surface area contributed by atoms with Gasteiger partial charge in [0, 0.05) is 66.9 Å². The molecule has 0 bridgehead atoms. The Labute approximate surface area is 259 Å². The van der Waals surface area contributed by atoms with E-state index in [0.717, 1.165) is 28.9 Å². The van der Waals surface area contributed by atoms with Crippen LogP contribution in [0.1, 0.15) is 26.3 Å². The number of fused-ring (bicyclic) bond motifs is 5. The minimum atomic E-state index is 0.0312. The molecule has 4 aromatic carbocycles. The summed E-state index contributed by atoms with van der Waals surface area (Å²) in [6.07, 6.45) is 1.96. The van der Waals surface area contributed by atoms with Gasteiger partial charge in [0.05, 0.1) is 23.7 Å². The Bertz CT molecular complexity index is 2170. The fourth-order valence-electron chi connectivity index (χ4n) is 6.10. The number of anilines is 3. The van der Waals surface area contributed by atoms with Gasteiger partial charge in [-0.2, -0.15) is 0 Å². The third-order valence-electron chi connectivity index (χ3n) is 8.31. The van der Waals surface area contributed by atoms with Crippen molar-refractivity contribution < 1.29 is 4.74 Å². The van der Waals surface area contributed by atoms with E-state index in [1.54, 1.807) is 11.3 Å². The molecule has 1 aliphatic rings.